The smallest absolute Gasteiger partial charge is 0.260 e. The summed E-state index contributed by atoms with van der Waals surface area (Å²) in [6, 6.07) is 9.65. The summed E-state index contributed by atoms with van der Waals surface area (Å²) < 4.78 is 26.8. The number of aryl methyl sites for hydroxylation is 1. The molecule has 3 aromatic rings. The summed E-state index contributed by atoms with van der Waals surface area (Å²) in [6.07, 6.45) is 3.57. The largest absolute Gasteiger partial charge is 0.361 e. The maximum absolute atomic E-state index is 12.7. The minimum atomic E-state index is -3.52. The summed E-state index contributed by atoms with van der Waals surface area (Å²) in [4.78, 5) is 7.50. The molecule has 1 aromatic carbocycles. The van der Waals surface area contributed by atoms with Crippen molar-refractivity contribution in [1.82, 2.24) is 19.6 Å². The zero-order chi connectivity index (χ0) is 17.4. The molecule has 0 unspecified atom stereocenters. The van der Waals surface area contributed by atoms with Crippen LogP contribution in [0.15, 0.2) is 47.8 Å². The van der Waals surface area contributed by atoms with Gasteiger partial charge in [0, 0.05) is 60.6 Å². The number of aromatic nitrogens is 2. The summed E-state index contributed by atoms with van der Waals surface area (Å²) in [6.45, 7) is 4.36. The maximum Gasteiger partial charge on any atom is 0.260 e. The number of aromatic amines is 1. The lowest BCUT2D eigenvalue weighted by atomic mass is 10.1. The first-order valence-electron chi connectivity index (χ1n) is 8.31. The molecule has 1 aliphatic heterocycles. The molecule has 4 rings (SSSR count). The molecule has 3 heterocycles. The fourth-order valence-corrected chi connectivity index (χ4v) is 4.54. The highest BCUT2D eigenvalue weighted by Crippen LogP contribution is 2.29. The Morgan fingerprint density at radius 3 is 2.64 bits per heavy atom. The molecule has 0 spiro atoms. The van der Waals surface area contributed by atoms with E-state index in [1.165, 1.54) is 9.87 Å². The van der Waals surface area contributed by atoms with E-state index in [4.69, 9.17) is 0 Å². The van der Waals surface area contributed by atoms with Crippen LogP contribution in [0.25, 0.3) is 22.0 Å². The van der Waals surface area contributed by atoms with Gasteiger partial charge in [-0.25, -0.2) is 13.4 Å². The number of benzene rings is 1. The van der Waals surface area contributed by atoms with E-state index in [0.717, 1.165) is 22.0 Å². The Hall–Kier alpha value is -2.22. The van der Waals surface area contributed by atoms with Crippen molar-refractivity contribution >= 4 is 20.9 Å². The van der Waals surface area contributed by atoms with Crippen LogP contribution in [0.5, 0.6) is 0 Å². The highest BCUT2D eigenvalue weighted by Gasteiger charge is 2.26. The number of pyridine rings is 1. The van der Waals surface area contributed by atoms with Gasteiger partial charge in [0.15, 0.2) is 5.03 Å². The standard InChI is InChI=1S/C18H20N4O2S/c1-13-2-4-15-16(12-20-17(15)10-13)14-3-5-18(21-11-14)25(23,24)22-8-6-19-7-9-22/h2-5,10-12,19-20H,6-9H2,1H3. The number of sulfonamides is 1. The normalized spacial score (nSPS) is 16.4. The van der Waals surface area contributed by atoms with E-state index in [2.05, 4.69) is 40.4 Å². The number of hydrogen-bond donors (Lipinski definition) is 2. The molecule has 6 nitrogen and oxygen atoms in total. The average Bonchev–Trinajstić information content (AvgIpc) is 3.05. The van der Waals surface area contributed by atoms with Crippen molar-refractivity contribution in [3.63, 3.8) is 0 Å². The third kappa shape index (κ3) is 2.95. The molecule has 7 heteroatoms. The molecule has 2 N–H and O–H groups in total. The average molecular weight is 356 g/mol. The van der Waals surface area contributed by atoms with Crippen LogP contribution in [-0.2, 0) is 10.0 Å². The SMILES string of the molecule is Cc1ccc2c(-c3ccc(S(=O)(=O)N4CCNCC4)nc3)c[nH]c2c1. The van der Waals surface area contributed by atoms with Gasteiger partial charge in [0.25, 0.3) is 10.0 Å². The Labute approximate surface area is 146 Å². The molecule has 1 aliphatic rings. The second-order valence-corrected chi connectivity index (χ2v) is 8.18. The Kier molecular flexibility index (Phi) is 4.07. The highest BCUT2D eigenvalue weighted by atomic mass is 32.2. The first-order valence-corrected chi connectivity index (χ1v) is 9.75. The van der Waals surface area contributed by atoms with Crippen LogP contribution in [0.3, 0.4) is 0 Å². The third-order valence-electron chi connectivity index (χ3n) is 4.56. The van der Waals surface area contributed by atoms with E-state index < -0.39 is 10.0 Å². The van der Waals surface area contributed by atoms with Gasteiger partial charge in [0.05, 0.1) is 0 Å². The topological polar surface area (TPSA) is 78.1 Å². The van der Waals surface area contributed by atoms with Crippen molar-refractivity contribution in [2.45, 2.75) is 11.9 Å². The molecule has 1 saturated heterocycles. The zero-order valence-corrected chi connectivity index (χ0v) is 14.8. The van der Waals surface area contributed by atoms with Crippen molar-refractivity contribution in [3.05, 3.63) is 48.3 Å². The lowest BCUT2D eigenvalue weighted by Gasteiger charge is -2.26. The van der Waals surface area contributed by atoms with Crippen molar-refractivity contribution in [2.75, 3.05) is 26.2 Å². The minimum absolute atomic E-state index is 0.105. The van der Waals surface area contributed by atoms with Crippen LogP contribution in [0.4, 0.5) is 0 Å². The molecule has 0 bridgehead atoms. The molecular formula is C18H20N4O2S. The second kappa shape index (κ2) is 6.25. The molecule has 0 atom stereocenters. The van der Waals surface area contributed by atoms with E-state index in [0.29, 0.717) is 26.2 Å². The van der Waals surface area contributed by atoms with Gasteiger partial charge in [0.1, 0.15) is 0 Å². The van der Waals surface area contributed by atoms with Crippen molar-refractivity contribution in [2.24, 2.45) is 0 Å². The monoisotopic (exact) mass is 356 g/mol. The summed E-state index contributed by atoms with van der Waals surface area (Å²) in [7, 11) is -3.52. The van der Waals surface area contributed by atoms with Gasteiger partial charge in [-0.3, -0.25) is 0 Å². The first kappa shape index (κ1) is 16.3. The van der Waals surface area contributed by atoms with E-state index in [1.807, 2.05) is 12.3 Å². The van der Waals surface area contributed by atoms with E-state index in [-0.39, 0.29) is 5.03 Å². The highest BCUT2D eigenvalue weighted by molar-refractivity contribution is 7.89. The van der Waals surface area contributed by atoms with Crippen LogP contribution < -0.4 is 5.32 Å². The molecule has 130 valence electrons. The summed E-state index contributed by atoms with van der Waals surface area (Å²) in [5, 5.41) is 4.36. The van der Waals surface area contributed by atoms with Gasteiger partial charge in [0.2, 0.25) is 0 Å². The van der Waals surface area contributed by atoms with Crippen LogP contribution in [0, 0.1) is 6.92 Å². The van der Waals surface area contributed by atoms with Crippen LogP contribution in [-0.4, -0.2) is 48.9 Å². The van der Waals surface area contributed by atoms with Gasteiger partial charge in [-0.2, -0.15) is 4.31 Å². The number of fused-ring (bicyclic) bond motifs is 1. The molecule has 25 heavy (non-hydrogen) atoms. The summed E-state index contributed by atoms with van der Waals surface area (Å²) in [5.41, 5.74) is 4.17. The minimum Gasteiger partial charge on any atom is -0.361 e. The summed E-state index contributed by atoms with van der Waals surface area (Å²) in [5.74, 6) is 0. The molecule has 0 radical (unpaired) electrons. The van der Waals surface area contributed by atoms with Crippen molar-refractivity contribution in [1.29, 1.82) is 0 Å². The quantitative estimate of drug-likeness (QED) is 0.754. The number of H-pyrrole nitrogens is 1. The number of nitrogens with zero attached hydrogens (tertiary/aromatic N) is 2. The molecular weight excluding hydrogens is 336 g/mol. The van der Waals surface area contributed by atoms with E-state index in [9.17, 15) is 8.42 Å². The number of piperazine rings is 1. The number of nitrogens with one attached hydrogen (secondary N) is 2. The van der Waals surface area contributed by atoms with E-state index in [1.54, 1.807) is 12.3 Å². The third-order valence-corrected chi connectivity index (χ3v) is 6.38. The van der Waals surface area contributed by atoms with Gasteiger partial charge < -0.3 is 10.3 Å². The maximum atomic E-state index is 12.7. The Balaban J connectivity index is 1.67. The Morgan fingerprint density at radius 2 is 1.92 bits per heavy atom. The zero-order valence-electron chi connectivity index (χ0n) is 14.0. The molecule has 0 amide bonds. The lowest BCUT2D eigenvalue weighted by molar-refractivity contribution is 0.359. The van der Waals surface area contributed by atoms with Crippen LogP contribution >= 0.6 is 0 Å². The second-order valence-electron chi connectivity index (χ2n) is 6.29. The number of hydrogen-bond acceptors (Lipinski definition) is 4. The molecule has 2 aromatic heterocycles. The van der Waals surface area contributed by atoms with Crippen molar-refractivity contribution < 1.29 is 8.42 Å². The molecule has 0 aliphatic carbocycles. The molecule has 1 fully saturated rings. The first-order chi connectivity index (χ1) is 12.1. The van der Waals surface area contributed by atoms with Gasteiger partial charge in [-0.05, 0) is 30.7 Å². The number of rotatable bonds is 3. The Bertz CT molecular complexity index is 1000. The lowest BCUT2D eigenvalue weighted by Crippen LogP contribution is -2.46. The van der Waals surface area contributed by atoms with Crippen molar-refractivity contribution in [3.8, 4) is 11.1 Å². The van der Waals surface area contributed by atoms with Gasteiger partial charge in [-0.15, -0.1) is 0 Å². The van der Waals surface area contributed by atoms with Gasteiger partial charge in [-0.1, -0.05) is 12.1 Å². The van der Waals surface area contributed by atoms with Gasteiger partial charge >= 0.3 is 0 Å². The fraction of sp³-hybridized carbons (Fsp3) is 0.278. The predicted molar refractivity (Wildman–Crippen MR) is 97.9 cm³/mol. The fourth-order valence-electron chi connectivity index (χ4n) is 3.19. The summed E-state index contributed by atoms with van der Waals surface area (Å²) >= 11 is 0. The molecule has 0 saturated carbocycles. The van der Waals surface area contributed by atoms with E-state index >= 15 is 0 Å². The predicted octanol–water partition coefficient (Wildman–Crippen LogP) is 2.13. The van der Waals surface area contributed by atoms with Crippen LogP contribution in [0.2, 0.25) is 0 Å². The Morgan fingerprint density at radius 1 is 1.12 bits per heavy atom. The van der Waals surface area contributed by atoms with Crippen LogP contribution in [0.1, 0.15) is 5.56 Å².